The summed E-state index contributed by atoms with van der Waals surface area (Å²) in [5, 5.41) is 8.81. The lowest BCUT2D eigenvalue weighted by Gasteiger charge is -2.18. The van der Waals surface area contributed by atoms with Crippen LogP contribution in [0.4, 0.5) is 0 Å². The van der Waals surface area contributed by atoms with Crippen LogP contribution in [0, 0.1) is 0 Å². The number of rotatable bonds is 39. The number of hydrogen-bond donors (Lipinski definition) is 0. The molecule has 0 aliphatic rings. The Hall–Kier alpha value is -3.55. The zero-order valence-corrected chi connectivity index (χ0v) is 38.6. The van der Waals surface area contributed by atoms with E-state index in [0.29, 0.717) is 60.0 Å². The lowest BCUT2D eigenvalue weighted by atomic mass is 10.1. The van der Waals surface area contributed by atoms with E-state index in [2.05, 4.69) is 31.0 Å². The number of methoxy groups -OCH3 is 1. The molecule has 0 spiro atoms. The van der Waals surface area contributed by atoms with E-state index < -0.39 is 0 Å². The van der Waals surface area contributed by atoms with Gasteiger partial charge in [-0.2, -0.15) is 0 Å². The van der Waals surface area contributed by atoms with Crippen molar-refractivity contribution in [2.75, 3.05) is 26.9 Å². The van der Waals surface area contributed by atoms with Crippen molar-refractivity contribution in [3.05, 3.63) is 42.0 Å². The van der Waals surface area contributed by atoms with E-state index in [1.165, 1.54) is 161 Å². The second-order valence-corrected chi connectivity index (χ2v) is 16.9. The molecule has 0 radical (unpaired) electrons. The fourth-order valence-corrected chi connectivity index (χ4v) is 7.69. The molecule has 338 valence electrons. The molecule has 8 nitrogen and oxygen atoms in total. The third-order valence-electron chi connectivity index (χ3n) is 11.5. The van der Waals surface area contributed by atoms with Gasteiger partial charge in [0.25, 0.3) is 0 Å². The van der Waals surface area contributed by atoms with Gasteiger partial charge in [-0.05, 0) is 55.7 Å². The van der Waals surface area contributed by atoms with Crippen molar-refractivity contribution in [3.63, 3.8) is 0 Å². The fraction of sp³-hybridized carbons (Fsp3) is 0.712. The monoisotopic (exact) mass is 833 g/mol. The van der Waals surface area contributed by atoms with Crippen LogP contribution in [0.1, 0.15) is 224 Å². The average molecular weight is 833 g/mol. The predicted molar refractivity (Wildman–Crippen MR) is 249 cm³/mol. The van der Waals surface area contributed by atoms with Gasteiger partial charge in [0.15, 0.2) is 11.5 Å². The minimum Gasteiger partial charge on any atom is -0.490 e. The van der Waals surface area contributed by atoms with Crippen molar-refractivity contribution in [3.8, 4) is 40.2 Å². The topological polar surface area (TPSA) is 92.9 Å². The maximum atomic E-state index is 12.0. The summed E-state index contributed by atoms with van der Waals surface area (Å²) in [4.78, 5) is 12.0. The van der Waals surface area contributed by atoms with Crippen LogP contribution in [0.3, 0.4) is 0 Å². The number of nitrogens with zero attached hydrogens (tertiary/aromatic N) is 2. The van der Waals surface area contributed by atoms with Gasteiger partial charge in [0.2, 0.25) is 17.5 Å². The highest BCUT2D eigenvalue weighted by molar-refractivity contribution is 5.89. The molecule has 0 amide bonds. The average Bonchev–Trinajstić information content (AvgIpc) is 3.77. The van der Waals surface area contributed by atoms with Crippen LogP contribution in [0.25, 0.3) is 22.9 Å². The molecule has 3 rings (SSSR count). The molecule has 8 heteroatoms. The molecule has 0 unspecified atom stereocenters. The Morgan fingerprint density at radius 1 is 0.450 bits per heavy atom. The fourth-order valence-electron chi connectivity index (χ4n) is 7.69. The van der Waals surface area contributed by atoms with Crippen LogP contribution in [-0.2, 0) is 4.74 Å². The molecule has 0 saturated carbocycles. The standard InChI is InChI=1S/C52H84N2O6/c1-5-8-11-14-17-20-23-26-29-32-39-57-47-42-46(51-54-53-50(60-51)44-35-37-45(38-36-44)52(55)56-4)43-48(58-40-33-30-27-24-21-18-15-12-9-6-2)49(47)59-41-34-31-28-25-22-19-16-13-10-7-3/h35-38,42-43H,5-34,39-41H2,1-4H3. The van der Waals surface area contributed by atoms with Crippen molar-refractivity contribution in [1.82, 2.24) is 10.2 Å². The molecular formula is C52H84N2O6. The van der Waals surface area contributed by atoms with Crippen molar-refractivity contribution < 1.29 is 28.2 Å². The van der Waals surface area contributed by atoms with Gasteiger partial charge in [-0.1, -0.05) is 194 Å². The summed E-state index contributed by atoms with van der Waals surface area (Å²) in [7, 11) is 1.37. The Kier molecular flexibility index (Phi) is 28.9. The number of esters is 1. The zero-order valence-electron chi connectivity index (χ0n) is 38.6. The number of aromatic nitrogens is 2. The second kappa shape index (κ2) is 34.1. The molecule has 0 N–H and O–H groups in total. The minimum absolute atomic E-state index is 0.364. The van der Waals surface area contributed by atoms with Crippen LogP contribution < -0.4 is 14.2 Å². The summed E-state index contributed by atoms with van der Waals surface area (Å²) in [6.45, 7) is 8.65. The Labute approximate surface area is 365 Å². The number of carbonyl (C=O) groups excluding carboxylic acids is 1. The molecule has 0 saturated heterocycles. The number of unbranched alkanes of at least 4 members (excludes halogenated alkanes) is 27. The van der Waals surface area contributed by atoms with E-state index in [1.807, 2.05) is 12.1 Å². The summed E-state index contributed by atoms with van der Waals surface area (Å²) in [6.07, 6.45) is 38.2. The Bertz CT molecular complexity index is 1440. The molecule has 0 aliphatic heterocycles. The van der Waals surface area contributed by atoms with Gasteiger partial charge in [0, 0.05) is 11.1 Å². The van der Waals surface area contributed by atoms with Gasteiger partial charge in [-0.25, -0.2) is 4.79 Å². The van der Waals surface area contributed by atoms with Crippen LogP contribution in [-0.4, -0.2) is 43.1 Å². The summed E-state index contributed by atoms with van der Waals surface area (Å²) in [5.41, 5.74) is 1.90. The molecule has 1 aromatic heterocycles. The molecule has 0 atom stereocenters. The minimum atomic E-state index is -0.390. The number of ether oxygens (including phenoxy) is 4. The molecule has 3 aromatic rings. The highest BCUT2D eigenvalue weighted by Crippen LogP contribution is 2.42. The van der Waals surface area contributed by atoms with E-state index in [0.717, 1.165) is 44.1 Å². The van der Waals surface area contributed by atoms with Gasteiger partial charge < -0.3 is 23.4 Å². The van der Waals surface area contributed by atoms with Crippen molar-refractivity contribution in [2.45, 2.75) is 213 Å². The van der Waals surface area contributed by atoms with E-state index in [9.17, 15) is 4.79 Å². The van der Waals surface area contributed by atoms with Crippen LogP contribution >= 0.6 is 0 Å². The van der Waals surface area contributed by atoms with E-state index in [4.69, 9.17) is 23.4 Å². The Morgan fingerprint density at radius 3 is 1.15 bits per heavy atom. The third kappa shape index (κ3) is 21.8. The maximum Gasteiger partial charge on any atom is 0.337 e. The van der Waals surface area contributed by atoms with Crippen molar-refractivity contribution >= 4 is 5.97 Å². The number of carbonyl (C=O) groups is 1. The van der Waals surface area contributed by atoms with Crippen LogP contribution in [0.15, 0.2) is 40.8 Å². The van der Waals surface area contributed by atoms with Gasteiger partial charge in [0.1, 0.15) is 0 Å². The molecule has 0 bridgehead atoms. The normalized spacial score (nSPS) is 11.3. The first-order chi connectivity index (χ1) is 29.6. The summed E-state index contributed by atoms with van der Waals surface area (Å²) >= 11 is 0. The van der Waals surface area contributed by atoms with E-state index in [-0.39, 0.29) is 5.97 Å². The SMILES string of the molecule is CCCCCCCCCCCCOc1cc(-c2nnc(-c3ccc(C(=O)OC)cc3)o2)cc(OCCCCCCCCCCCC)c1OCCCCCCCCCCCC. The second-order valence-electron chi connectivity index (χ2n) is 16.9. The highest BCUT2D eigenvalue weighted by Gasteiger charge is 2.20. The van der Waals surface area contributed by atoms with Gasteiger partial charge in [-0.15, -0.1) is 10.2 Å². The lowest BCUT2D eigenvalue weighted by Crippen LogP contribution is -2.07. The van der Waals surface area contributed by atoms with Gasteiger partial charge in [0.05, 0.1) is 32.5 Å². The predicted octanol–water partition coefficient (Wildman–Crippen LogP) is 16.1. The third-order valence-corrected chi connectivity index (χ3v) is 11.5. The number of benzene rings is 2. The Balaban J connectivity index is 1.71. The molecule has 2 aromatic carbocycles. The molecule has 0 aliphatic carbocycles. The molecular weight excluding hydrogens is 749 g/mol. The van der Waals surface area contributed by atoms with Crippen LogP contribution in [0.5, 0.6) is 17.2 Å². The first kappa shape index (κ1) is 50.8. The highest BCUT2D eigenvalue weighted by atomic mass is 16.5. The van der Waals surface area contributed by atoms with Crippen molar-refractivity contribution in [1.29, 1.82) is 0 Å². The van der Waals surface area contributed by atoms with Crippen molar-refractivity contribution in [2.24, 2.45) is 0 Å². The first-order valence-corrected chi connectivity index (χ1v) is 24.7. The Morgan fingerprint density at radius 2 is 0.783 bits per heavy atom. The van der Waals surface area contributed by atoms with Crippen LogP contribution in [0.2, 0.25) is 0 Å². The smallest absolute Gasteiger partial charge is 0.337 e. The lowest BCUT2D eigenvalue weighted by molar-refractivity contribution is 0.0600. The van der Waals surface area contributed by atoms with E-state index in [1.54, 1.807) is 24.3 Å². The summed E-state index contributed by atoms with van der Waals surface area (Å²) in [5.74, 6) is 2.34. The maximum absolute atomic E-state index is 12.0. The molecule has 60 heavy (non-hydrogen) atoms. The molecule has 1 heterocycles. The van der Waals surface area contributed by atoms with Gasteiger partial charge >= 0.3 is 5.97 Å². The molecule has 0 fully saturated rings. The summed E-state index contributed by atoms with van der Waals surface area (Å²) in [6, 6.07) is 10.9. The first-order valence-electron chi connectivity index (χ1n) is 24.7. The number of hydrogen-bond acceptors (Lipinski definition) is 8. The van der Waals surface area contributed by atoms with E-state index >= 15 is 0 Å². The largest absolute Gasteiger partial charge is 0.490 e. The summed E-state index contributed by atoms with van der Waals surface area (Å²) < 4.78 is 30.8. The quantitative estimate of drug-likeness (QED) is 0.0414. The zero-order chi connectivity index (χ0) is 42.7. The van der Waals surface area contributed by atoms with Gasteiger partial charge in [-0.3, -0.25) is 0 Å².